The number of hydrogen-bond donors (Lipinski definition) is 1. The molecule has 1 rings (SSSR count). The van der Waals surface area contributed by atoms with Crippen LogP contribution in [0.4, 0.5) is 0 Å². The number of hydrogen-bond acceptors (Lipinski definition) is 2. The van der Waals surface area contributed by atoms with Gasteiger partial charge in [0.1, 0.15) is 5.75 Å². The minimum absolute atomic E-state index is 0.00894. The maximum Gasteiger partial charge on any atom is 0.220 e. The third-order valence-electron chi connectivity index (χ3n) is 2.37. The van der Waals surface area contributed by atoms with Crippen LogP contribution in [0.25, 0.3) is 0 Å². The van der Waals surface area contributed by atoms with Crippen molar-refractivity contribution in [1.82, 2.24) is 5.32 Å². The predicted molar refractivity (Wildman–Crippen MR) is 67.5 cm³/mol. The molecule has 3 nitrogen and oxygen atoms in total. The Kier molecular flexibility index (Phi) is 4.80. The zero-order valence-electron chi connectivity index (χ0n) is 9.71. The molecule has 88 valence electrons. The number of rotatable bonds is 4. The number of methoxy groups -OCH3 is 1. The molecule has 0 saturated carbocycles. The van der Waals surface area contributed by atoms with E-state index in [-0.39, 0.29) is 11.9 Å². The number of carbonyl (C=O) groups excluding carboxylic acids is 1. The summed E-state index contributed by atoms with van der Waals surface area (Å²) in [6.45, 7) is 3.80. The van der Waals surface area contributed by atoms with Crippen molar-refractivity contribution in [2.75, 3.05) is 7.11 Å². The predicted octanol–water partition coefficient (Wildman–Crippen LogP) is 3.04. The number of nitrogens with one attached hydrogen (secondary N) is 1. The Balaban J connectivity index is 2.80. The van der Waals surface area contributed by atoms with Gasteiger partial charge in [0, 0.05) is 6.42 Å². The largest absolute Gasteiger partial charge is 0.496 e. The third kappa shape index (κ3) is 3.23. The van der Waals surface area contributed by atoms with Crippen LogP contribution in [0, 0.1) is 0 Å². The lowest BCUT2D eigenvalue weighted by Crippen LogP contribution is -2.25. The van der Waals surface area contributed by atoms with E-state index >= 15 is 0 Å². The van der Waals surface area contributed by atoms with Crippen LogP contribution in [0.1, 0.15) is 31.9 Å². The molecular formula is C12H16BrNO2. The summed E-state index contributed by atoms with van der Waals surface area (Å²) >= 11 is 3.42. The molecule has 0 spiro atoms. The van der Waals surface area contributed by atoms with Crippen LogP contribution in [0.3, 0.4) is 0 Å². The first-order valence-corrected chi connectivity index (χ1v) is 6.00. The highest BCUT2D eigenvalue weighted by molar-refractivity contribution is 9.10. The number of amides is 1. The fourth-order valence-electron chi connectivity index (χ4n) is 1.38. The molecule has 16 heavy (non-hydrogen) atoms. The molecule has 1 atom stereocenters. The van der Waals surface area contributed by atoms with Crippen molar-refractivity contribution >= 4 is 21.8 Å². The molecule has 0 aliphatic rings. The molecule has 0 fully saturated rings. The van der Waals surface area contributed by atoms with Crippen LogP contribution >= 0.6 is 15.9 Å². The lowest BCUT2D eigenvalue weighted by atomic mass is 10.1. The zero-order chi connectivity index (χ0) is 12.1. The highest BCUT2D eigenvalue weighted by atomic mass is 79.9. The molecule has 1 N–H and O–H groups in total. The van der Waals surface area contributed by atoms with Crippen molar-refractivity contribution in [2.24, 2.45) is 0 Å². The Morgan fingerprint density at radius 3 is 2.75 bits per heavy atom. The number of benzene rings is 1. The molecule has 0 aromatic heterocycles. The zero-order valence-corrected chi connectivity index (χ0v) is 11.3. The number of ether oxygens (including phenoxy) is 1. The Bertz CT molecular complexity index is 379. The fraction of sp³-hybridized carbons (Fsp3) is 0.417. The van der Waals surface area contributed by atoms with Gasteiger partial charge in [-0.1, -0.05) is 13.0 Å². The van der Waals surface area contributed by atoms with Gasteiger partial charge in [0.25, 0.3) is 0 Å². The summed E-state index contributed by atoms with van der Waals surface area (Å²) in [7, 11) is 1.63. The second-order valence-corrected chi connectivity index (χ2v) is 4.39. The molecule has 4 heteroatoms. The van der Waals surface area contributed by atoms with Gasteiger partial charge < -0.3 is 10.1 Å². The van der Waals surface area contributed by atoms with Gasteiger partial charge in [-0.2, -0.15) is 0 Å². The maximum absolute atomic E-state index is 11.3. The van der Waals surface area contributed by atoms with Gasteiger partial charge in [-0.15, -0.1) is 0 Å². The van der Waals surface area contributed by atoms with Gasteiger partial charge in [-0.3, -0.25) is 4.79 Å². The van der Waals surface area contributed by atoms with Crippen LogP contribution in [-0.4, -0.2) is 13.0 Å². The average molecular weight is 286 g/mol. The fourth-order valence-corrected chi connectivity index (χ4v) is 1.94. The van der Waals surface area contributed by atoms with Gasteiger partial charge in [0.15, 0.2) is 0 Å². The molecule has 0 bridgehead atoms. The van der Waals surface area contributed by atoms with Crippen LogP contribution in [0.2, 0.25) is 0 Å². The third-order valence-corrected chi connectivity index (χ3v) is 2.99. The molecule has 1 aromatic rings. The van der Waals surface area contributed by atoms with E-state index in [1.807, 2.05) is 32.0 Å². The summed E-state index contributed by atoms with van der Waals surface area (Å²) in [4.78, 5) is 11.3. The lowest BCUT2D eigenvalue weighted by molar-refractivity contribution is -0.121. The van der Waals surface area contributed by atoms with Crippen LogP contribution in [0.5, 0.6) is 5.75 Å². The topological polar surface area (TPSA) is 38.3 Å². The first kappa shape index (κ1) is 13.0. The Morgan fingerprint density at radius 2 is 2.25 bits per heavy atom. The second-order valence-electron chi connectivity index (χ2n) is 3.54. The highest BCUT2D eigenvalue weighted by Gasteiger charge is 2.10. The molecule has 0 radical (unpaired) electrons. The van der Waals surface area contributed by atoms with Crippen molar-refractivity contribution in [2.45, 2.75) is 26.3 Å². The lowest BCUT2D eigenvalue weighted by Gasteiger charge is -2.15. The quantitative estimate of drug-likeness (QED) is 0.923. The minimum Gasteiger partial charge on any atom is -0.496 e. The van der Waals surface area contributed by atoms with Crippen LogP contribution in [0.15, 0.2) is 22.7 Å². The van der Waals surface area contributed by atoms with Gasteiger partial charge in [-0.25, -0.2) is 0 Å². The Morgan fingerprint density at radius 1 is 1.56 bits per heavy atom. The molecule has 0 aliphatic carbocycles. The van der Waals surface area contributed by atoms with Gasteiger partial charge in [-0.05, 0) is 40.5 Å². The smallest absolute Gasteiger partial charge is 0.220 e. The number of carbonyl (C=O) groups is 1. The SMILES string of the molecule is CCC(=O)NC(C)c1ccc(OC)c(Br)c1. The molecule has 0 heterocycles. The normalized spacial score (nSPS) is 12.0. The van der Waals surface area contributed by atoms with E-state index < -0.39 is 0 Å². The van der Waals surface area contributed by atoms with Crippen molar-refractivity contribution in [1.29, 1.82) is 0 Å². The standard InChI is InChI=1S/C12H16BrNO2/c1-4-12(15)14-8(2)9-5-6-11(16-3)10(13)7-9/h5-8H,4H2,1-3H3,(H,14,15). The maximum atomic E-state index is 11.3. The minimum atomic E-state index is 0.00894. The van der Waals surface area contributed by atoms with E-state index in [0.29, 0.717) is 6.42 Å². The van der Waals surface area contributed by atoms with Crippen molar-refractivity contribution in [3.05, 3.63) is 28.2 Å². The van der Waals surface area contributed by atoms with E-state index in [0.717, 1.165) is 15.8 Å². The summed E-state index contributed by atoms with van der Waals surface area (Å²) in [6, 6.07) is 5.80. The van der Waals surface area contributed by atoms with Gasteiger partial charge in [0.05, 0.1) is 17.6 Å². The van der Waals surface area contributed by atoms with Gasteiger partial charge >= 0.3 is 0 Å². The summed E-state index contributed by atoms with van der Waals surface area (Å²) in [5, 5.41) is 2.91. The second kappa shape index (κ2) is 5.89. The van der Waals surface area contributed by atoms with Crippen molar-refractivity contribution in [3.8, 4) is 5.75 Å². The molecule has 1 unspecified atom stereocenters. The first-order valence-electron chi connectivity index (χ1n) is 5.21. The Labute approximate surface area is 104 Å². The first-order chi connectivity index (χ1) is 7.58. The van der Waals surface area contributed by atoms with E-state index in [1.54, 1.807) is 7.11 Å². The molecule has 0 aliphatic heterocycles. The molecule has 1 amide bonds. The molecular weight excluding hydrogens is 270 g/mol. The van der Waals surface area contributed by atoms with E-state index in [1.165, 1.54) is 0 Å². The van der Waals surface area contributed by atoms with E-state index in [4.69, 9.17) is 4.74 Å². The summed E-state index contributed by atoms with van der Waals surface area (Å²) < 4.78 is 6.04. The van der Waals surface area contributed by atoms with Gasteiger partial charge in [0.2, 0.25) is 5.91 Å². The summed E-state index contributed by atoms with van der Waals surface area (Å²) in [5.41, 5.74) is 1.05. The monoisotopic (exact) mass is 285 g/mol. The number of halogens is 1. The highest BCUT2D eigenvalue weighted by Crippen LogP contribution is 2.27. The molecule has 1 aromatic carbocycles. The van der Waals surface area contributed by atoms with Crippen LogP contribution < -0.4 is 10.1 Å². The Hall–Kier alpha value is -1.03. The molecule has 0 saturated heterocycles. The van der Waals surface area contributed by atoms with Crippen molar-refractivity contribution in [3.63, 3.8) is 0 Å². The van der Waals surface area contributed by atoms with E-state index in [9.17, 15) is 4.79 Å². The average Bonchev–Trinajstić information content (AvgIpc) is 2.28. The van der Waals surface area contributed by atoms with Crippen molar-refractivity contribution < 1.29 is 9.53 Å². The summed E-state index contributed by atoms with van der Waals surface area (Å²) in [5.74, 6) is 0.845. The van der Waals surface area contributed by atoms with E-state index in [2.05, 4.69) is 21.2 Å². The summed E-state index contributed by atoms with van der Waals surface area (Å²) in [6.07, 6.45) is 0.502. The van der Waals surface area contributed by atoms with Crippen LogP contribution in [-0.2, 0) is 4.79 Å².